The highest BCUT2D eigenvalue weighted by molar-refractivity contribution is 5.92. The maximum absolute atomic E-state index is 14.5. The number of carbonyl (C=O) groups excluding carboxylic acids is 2. The van der Waals surface area contributed by atoms with Gasteiger partial charge in [-0.25, -0.2) is 22.8 Å². The first-order valence-corrected chi connectivity index (χ1v) is 11.6. The second-order valence-electron chi connectivity index (χ2n) is 10.1. The molecule has 35 heavy (non-hydrogen) atoms. The van der Waals surface area contributed by atoms with Crippen LogP contribution in [0.15, 0.2) is 36.4 Å². The molecule has 2 aromatic carbocycles. The smallest absolute Gasteiger partial charge is 0.329 e. The van der Waals surface area contributed by atoms with E-state index in [1.807, 2.05) is 0 Å². The van der Waals surface area contributed by atoms with Crippen molar-refractivity contribution >= 4 is 22.9 Å². The zero-order valence-electron chi connectivity index (χ0n) is 19.4. The summed E-state index contributed by atoms with van der Waals surface area (Å²) in [5.74, 6) is -1.99. The van der Waals surface area contributed by atoms with E-state index >= 15 is 0 Å². The van der Waals surface area contributed by atoms with Gasteiger partial charge in [0.2, 0.25) is 0 Å². The molecule has 0 radical (unpaired) electrons. The summed E-state index contributed by atoms with van der Waals surface area (Å²) in [7, 11) is 0. The van der Waals surface area contributed by atoms with Crippen molar-refractivity contribution in [2.75, 3.05) is 6.54 Å². The van der Waals surface area contributed by atoms with E-state index in [0.717, 1.165) is 11.6 Å². The van der Waals surface area contributed by atoms with Crippen LogP contribution >= 0.6 is 0 Å². The van der Waals surface area contributed by atoms with E-state index in [1.165, 1.54) is 18.2 Å². The van der Waals surface area contributed by atoms with E-state index in [2.05, 4.69) is 15.6 Å². The topological polar surface area (TPSA) is 83.2 Å². The minimum absolute atomic E-state index is 0.0190. The molecule has 5 rings (SSSR count). The molecular formula is C26H26F3N3O3. The van der Waals surface area contributed by atoms with Gasteiger partial charge in [0.15, 0.2) is 0 Å². The molecule has 2 amide bonds. The molecule has 9 heteroatoms. The van der Waals surface area contributed by atoms with Crippen molar-refractivity contribution in [2.24, 2.45) is 5.92 Å². The van der Waals surface area contributed by atoms with Crippen LogP contribution in [0.2, 0.25) is 0 Å². The van der Waals surface area contributed by atoms with Crippen molar-refractivity contribution < 1.29 is 27.5 Å². The molecule has 1 aromatic heterocycles. The zero-order valence-corrected chi connectivity index (χ0v) is 19.4. The molecule has 1 atom stereocenters. The summed E-state index contributed by atoms with van der Waals surface area (Å²) in [6.07, 6.45) is 1.82. The third kappa shape index (κ3) is 4.59. The van der Waals surface area contributed by atoms with Crippen molar-refractivity contribution in [1.29, 1.82) is 0 Å². The standard InChI is InChI=1S/C26H26F3N3O3/c1-26(2)11-20(24(33)35-26)31-25(34)30-12-13-7-15(8-13)21-18-9-17(28)10-19(29)23(18)32-22(21)14-3-5-16(27)6-4-14/h3-6,9-10,13,15,20,32H,7-8,11-12H2,1-2H3,(H2,30,31,34). The first kappa shape index (κ1) is 23.3. The summed E-state index contributed by atoms with van der Waals surface area (Å²) >= 11 is 0. The number of fused-ring (bicyclic) bond motifs is 1. The van der Waals surface area contributed by atoms with Crippen LogP contribution in [0.5, 0.6) is 0 Å². The molecule has 2 aliphatic rings. The van der Waals surface area contributed by atoms with Gasteiger partial charge in [-0.2, -0.15) is 0 Å². The lowest BCUT2D eigenvalue weighted by atomic mass is 9.70. The number of halogens is 3. The molecule has 2 fully saturated rings. The van der Waals surface area contributed by atoms with E-state index in [9.17, 15) is 22.8 Å². The second kappa shape index (κ2) is 8.62. The number of aromatic amines is 1. The van der Waals surface area contributed by atoms with Crippen molar-refractivity contribution in [1.82, 2.24) is 15.6 Å². The van der Waals surface area contributed by atoms with Crippen molar-refractivity contribution in [3.05, 3.63) is 59.4 Å². The fraction of sp³-hybridized carbons (Fsp3) is 0.385. The maximum atomic E-state index is 14.5. The number of carbonyl (C=O) groups is 2. The number of H-pyrrole nitrogens is 1. The van der Waals surface area contributed by atoms with Gasteiger partial charge in [0.05, 0.1) is 11.2 Å². The van der Waals surface area contributed by atoms with Gasteiger partial charge in [0.25, 0.3) is 0 Å². The van der Waals surface area contributed by atoms with Gasteiger partial charge in [-0.05, 0) is 80.0 Å². The lowest BCUT2D eigenvalue weighted by molar-refractivity contribution is -0.147. The van der Waals surface area contributed by atoms with E-state index in [-0.39, 0.29) is 23.2 Å². The van der Waals surface area contributed by atoms with Crippen LogP contribution in [-0.2, 0) is 9.53 Å². The Morgan fingerprint density at radius 3 is 2.49 bits per heavy atom. The average molecular weight is 486 g/mol. The van der Waals surface area contributed by atoms with Gasteiger partial charge in [-0.1, -0.05) is 0 Å². The third-order valence-electron chi connectivity index (χ3n) is 6.86. The van der Waals surface area contributed by atoms with Gasteiger partial charge >= 0.3 is 12.0 Å². The molecular weight excluding hydrogens is 459 g/mol. The molecule has 2 heterocycles. The van der Waals surface area contributed by atoms with Crippen LogP contribution in [0, 0.1) is 23.4 Å². The van der Waals surface area contributed by atoms with Gasteiger partial charge in [0.1, 0.15) is 29.1 Å². The van der Waals surface area contributed by atoms with E-state index in [0.29, 0.717) is 42.5 Å². The lowest BCUT2D eigenvalue weighted by Gasteiger charge is -2.36. The fourth-order valence-corrected chi connectivity index (χ4v) is 5.16. The minimum atomic E-state index is -0.683. The van der Waals surface area contributed by atoms with Crippen LogP contribution < -0.4 is 10.6 Å². The van der Waals surface area contributed by atoms with E-state index in [4.69, 9.17) is 4.74 Å². The van der Waals surface area contributed by atoms with Crippen LogP contribution in [0.3, 0.4) is 0 Å². The molecule has 1 aliphatic carbocycles. The Balaban J connectivity index is 1.28. The molecule has 3 aromatic rings. The molecule has 1 saturated carbocycles. The average Bonchev–Trinajstić information content (AvgIpc) is 3.23. The fourth-order valence-electron chi connectivity index (χ4n) is 5.16. The van der Waals surface area contributed by atoms with Crippen LogP contribution in [-0.4, -0.2) is 35.2 Å². The number of ether oxygens (including phenoxy) is 1. The Kier molecular flexibility index (Phi) is 5.73. The summed E-state index contributed by atoms with van der Waals surface area (Å²) in [6, 6.07) is 6.92. The van der Waals surface area contributed by atoms with Crippen LogP contribution in [0.1, 0.15) is 44.6 Å². The number of aromatic nitrogens is 1. The van der Waals surface area contributed by atoms with E-state index in [1.54, 1.807) is 26.0 Å². The van der Waals surface area contributed by atoms with Crippen molar-refractivity contribution in [3.8, 4) is 11.3 Å². The second-order valence-corrected chi connectivity index (χ2v) is 10.1. The summed E-state index contributed by atoms with van der Waals surface area (Å²) in [6.45, 7) is 3.99. The van der Waals surface area contributed by atoms with Crippen molar-refractivity contribution in [3.63, 3.8) is 0 Å². The van der Waals surface area contributed by atoms with E-state index < -0.39 is 35.3 Å². The molecule has 1 aliphatic heterocycles. The number of rotatable bonds is 5. The zero-order chi connectivity index (χ0) is 24.9. The first-order valence-electron chi connectivity index (χ1n) is 11.6. The monoisotopic (exact) mass is 485 g/mol. The SMILES string of the molecule is CC1(C)CC(NC(=O)NCC2CC(c3c(-c4ccc(F)cc4)[nH]c4c(F)cc(F)cc34)C2)C(=O)O1. The lowest BCUT2D eigenvalue weighted by Crippen LogP contribution is -2.46. The number of esters is 1. The number of urea groups is 1. The largest absolute Gasteiger partial charge is 0.458 e. The molecule has 0 bridgehead atoms. The molecule has 3 N–H and O–H groups in total. The number of nitrogens with one attached hydrogen (secondary N) is 3. The van der Waals surface area contributed by atoms with Crippen molar-refractivity contribution in [2.45, 2.75) is 50.7 Å². The normalized spacial score (nSPS) is 23.1. The quantitative estimate of drug-likeness (QED) is 0.438. The Morgan fingerprint density at radius 2 is 1.83 bits per heavy atom. The summed E-state index contributed by atoms with van der Waals surface area (Å²) in [4.78, 5) is 27.2. The van der Waals surface area contributed by atoms with Gasteiger partial charge in [-0.15, -0.1) is 0 Å². The Morgan fingerprint density at radius 1 is 1.11 bits per heavy atom. The molecule has 1 saturated heterocycles. The molecule has 0 spiro atoms. The van der Waals surface area contributed by atoms with Crippen LogP contribution in [0.25, 0.3) is 22.2 Å². The third-order valence-corrected chi connectivity index (χ3v) is 6.86. The van der Waals surface area contributed by atoms with Crippen LogP contribution in [0.4, 0.5) is 18.0 Å². The summed E-state index contributed by atoms with van der Waals surface area (Å²) < 4.78 is 47.3. The Labute approximate surface area is 200 Å². The van der Waals surface area contributed by atoms with Gasteiger partial charge in [-0.3, -0.25) is 0 Å². The Bertz CT molecular complexity index is 1300. The van der Waals surface area contributed by atoms with Gasteiger partial charge < -0.3 is 20.4 Å². The van der Waals surface area contributed by atoms with Gasteiger partial charge in [0, 0.05) is 24.4 Å². The number of hydrogen-bond acceptors (Lipinski definition) is 3. The molecule has 6 nitrogen and oxygen atoms in total. The number of hydrogen-bond donors (Lipinski definition) is 3. The summed E-state index contributed by atoms with van der Waals surface area (Å²) in [5, 5.41) is 5.93. The minimum Gasteiger partial charge on any atom is -0.458 e. The summed E-state index contributed by atoms with van der Waals surface area (Å²) in [5.41, 5.74) is 1.73. The molecule has 184 valence electrons. The highest BCUT2D eigenvalue weighted by atomic mass is 19.1. The predicted octanol–water partition coefficient (Wildman–Crippen LogP) is 5.14. The predicted molar refractivity (Wildman–Crippen MR) is 124 cm³/mol. The number of amides is 2. The molecule has 1 unspecified atom stereocenters. The number of cyclic esters (lactones) is 1. The highest BCUT2D eigenvalue weighted by Crippen LogP contribution is 2.48. The number of benzene rings is 2. The Hall–Kier alpha value is -3.49. The first-order chi connectivity index (χ1) is 16.6. The maximum Gasteiger partial charge on any atom is 0.329 e. The highest BCUT2D eigenvalue weighted by Gasteiger charge is 2.41.